The van der Waals surface area contributed by atoms with Gasteiger partial charge in [0.25, 0.3) is 0 Å². The number of ether oxygens (including phenoxy) is 1. The molecule has 1 aromatic carbocycles. The van der Waals surface area contributed by atoms with Gasteiger partial charge in [0.15, 0.2) is 0 Å². The summed E-state index contributed by atoms with van der Waals surface area (Å²) >= 11 is 0. The highest BCUT2D eigenvalue weighted by molar-refractivity contribution is 5.77. The fourth-order valence-electron chi connectivity index (χ4n) is 4.49. The van der Waals surface area contributed by atoms with Crippen molar-refractivity contribution < 1.29 is 9.53 Å². The standard InChI is InChI=1S/C22H34N2O2/c23-18-22(11-5-2-6-12-22)15-21(25)24(16-19-7-3-1-4-8-19)17-20-9-13-26-14-10-20/h1,3-4,7-8,20H,2,5-6,9-18,23H2. The summed E-state index contributed by atoms with van der Waals surface area (Å²) in [5.74, 6) is 0.837. The number of amides is 1. The molecular formula is C22H34N2O2. The van der Waals surface area contributed by atoms with Gasteiger partial charge < -0.3 is 15.4 Å². The molecule has 4 heteroatoms. The summed E-state index contributed by atoms with van der Waals surface area (Å²) in [7, 11) is 0. The topological polar surface area (TPSA) is 55.6 Å². The number of hydrogen-bond donors (Lipinski definition) is 1. The number of nitrogens with two attached hydrogens (primary N) is 1. The van der Waals surface area contributed by atoms with Gasteiger partial charge in [-0.2, -0.15) is 0 Å². The first-order valence-electron chi connectivity index (χ1n) is 10.3. The summed E-state index contributed by atoms with van der Waals surface area (Å²) in [6.45, 7) is 3.83. The molecule has 2 fully saturated rings. The Morgan fingerprint density at radius 2 is 1.81 bits per heavy atom. The molecule has 0 aromatic heterocycles. The van der Waals surface area contributed by atoms with Crippen LogP contribution in [-0.2, 0) is 16.1 Å². The second kappa shape index (κ2) is 9.52. The van der Waals surface area contributed by atoms with Crippen LogP contribution in [0.4, 0.5) is 0 Å². The van der Waals surface area contributed by atoms with Crippen molar-refractivity contribution in [1.29, 1.82) is 0 Å². The molecule has 0 spiro atoms. The van der Waals surface area contributed by atoms with E-state index in [0.29, 0.717) is 25.4 Å². The number of carbonyl (C=O) groups is 1. The van der Waals surface area contributed by atoms with Crippen LogP contribution in [-0.4, -0.2) is 37.1 Å². The number of hydrogen-bond acceptors (Lipinski definition) is 3. The van der Waals surface area contributed by atoms with Gasteiger partial charge in [-0.1, -0.05) is 49.6 Å². The third-order valence-electron chi connectivity index (χ3n) is 6.26. The van der Waals surface area contributed by atoms with Crippen LogP contribution in [0, 0.1) is 11.3 Å². The number of nitrogens with zero attached hydrogens (tertiary/aromatic N) is 1. The van der Waals surface area contributed by atoms with Gasteiger partial charge in [-0.05, 0) is 49.1 Å². The zero-order valence-corrected chi connectivity index (χ0v) is 16.0. The van der Waals surface area contributed by atoms with E-state index in [-0.39, 0.29) is 11.3 Å². The van der Waals surface area contributed by atoms with Gasteiger partial charge in [-0.25, -0.2) is 0 Å². The maximum Gasteiger partial charge on any atom is 0.223 e. The van der Waals surface area contributed by atoms with Gasteiger partial charge in [0.05, 0.1) is 0 Å². The van der Waals surface area contributed by atoms with Crippen molar-refractivity contribution in [3.05, 3.63) is 35.9 Å². The van der Waals surface area contributed by atoms with Gasteiger partial charge in [0.1, 0.15) is 0 Å². The Balaban J connectivity index is 1.69. The first-order chi connectivity index (χ1) is 12.7. The number of benzene rings is 1. The molecule has 0 atom stereocenters. The van der Waals surface area contributed by atoms with Crippen LogP contribution in [0.25, 0.3) is 0 Å². The summed E-state index contributed by atoms with van der Waals surface area (Å²) in [5.41, 5.74) is 7.37. The zero-order chi connectivity index (χ0) is 18.2. The predicted octanol–water partition coefficient (Wildman–Crippen LogP) is 3.74. The van der Waals surface area contributed by atoms with E-state index in [2.05, 4.69) is 29.2 Å². The molecule has 1 saturated heterocycles. The van der Waals surface area contributed by atoms with Crippen LogP contribution in [0.5, 0.6) is 0 Å². The zero-order valence-electron chi connectivity index (χ0n) is 16.0. The quantitative estimate of drug-likeness (QED) is 0.808. The van der Waals surface area contributed by atoms with Crippen LogP contribution >= 0.6 is 0 Å². The summed E-state index contributed by atoms with van der Waals surface area (Å²) in [6, 6.07) is 10.4. The fourth-order valence-corrected chi connectivity index (χ4v) is 4.49. The molecule has 1 aliphatic heterocycles. The van der Waals surface area contributed by atoms with Crippen molar-refractivity contribution in [3.8, 4) is 0 Å². The Morgan fingerprint density at radius 1 is 1.12 bits per heavy atom. The van der Waals surface area contributed by atoms with Gasteiger partial charge in [-0.15, -0.1) is 0 Å². The van der Waals surface area contributed by atoms with Crippen LogP contribution in [0.2, 0.25) is 0 Å². The normalized spacial score (nSPS) is 20.7. The average Bonchev–Trinajstić information content (AvgIpc) is 2.70. The van der Waals surface area contributed by atoms with E-state index in [1.165, 1.54) is 24.8 Å². The van der Waals surface area contributed by atoms with Crippen molar-refractivity contribution in [2.24, 2.45) is 17.1 Å². The molecular weight excluding hydrogens is 324 g/mol. The Morgan fingerprint density at radius 3 is 2.46 bits per heavy atom. The van der Waals surface area contributed by atoms with Crippen molar-refractivity contribution in [3.63, 3.8) is 0 Å². The SMILES string of the molecule is NCC1(CC(=O)N(Cc2ccccc2)CC2CCOCC2)CCCCC1. The molecule has 3 rings (SSSR count). The molecule has 2 aliphatic rings. The maximum atomic E-state index is 13.3. The lowest BCUT2D eigenvalue weighted by molar-refractivity contribution is -0.136. The minimum Gasteiger partial charge on any atom is -0.381 e. The molecule has 1 saturated carbocycles. The molecule has 4 nitrogen and oxygen atoms in total. The lowest BCUT2D eigenvalue weighted by Crippen LogP contribution is -2.42. The predicted molar refractivity (Wildman–Crippen MR) is 105 cm³/mol. The largest absolute Gasteiger partial charge is 0.381 e. The van der Waals surface area contributed by atoms with Crippen LogP contribution in [0.3, 0.4) is 0 Å². The molecule has 0 unspecified atom stereocenters. The Kier molecular flexibility index (Phi) is 7.09. The average molecular weight is 359 g/mol. The van der Waals surface area contributed by atoms with E-state index >= 15 is 0 Å². The smallest absolute Gasteiger partial charge is 0.223 e. The summed E-state index contributed by atoms with van der Waals surface area (Å²) in [5, 5.41) is 0. The van der Waals surface area contributed by atoms with Crippen LogP contribution in [0.1, 0.15) is 56.9 Å². The van der Waals surface area contributed by atoms with Gasteiger partial charge >= 0.3 is 0 Å². The highest BCUT2D eigenvalue weighted by Crippen LogP contribution is 2.39. The minimum atomic E-state index is 0.0277. The minimum absolute atomic E-state index is 0.0277. The van der Waals surface area contributed by atoms with E-state index < -0.39 is 0 Å². The second-order valence-corrected chi connectivity index (χ2v) is 8.26. The van der Waals surface area contributed by atoms with Crippen LogP contribution < -0.4 is 5.73 Å². The molecule has 1 amide bonds. The van der Waals surface area contributed by atoms with E-state index in [4.69, 9.17) is 10.5 Å². The van der Waals surface area contributed by atoms with E-state index in [1.807, 2.05) is 6.07 Å². The van der Waals surface area contributed by atoms with Crippen molar-refractivity contribution in [1.82, 2.24) is 4.90 Å². The third kappa shape index (κ3) is 5.31. The lowest BCUT2D eigenvalue weighted by atomic mass is 9.71. The summed E-state index contributed by atoms with van der Waals surface area (Å²) in [6.07, 6.45) is 8.64. The molecule has 144 valence electrons. The highest BCUT2D eigenvalue weighted by Gasteiger charge is 2.35. The van der Waals surface area contributed by atoms with Gasteiger partial charge in [-0.3, -0.25) is 4.79 Å². The fraction of sp³-hybridized carbons (Fsp3) is 0.682. The first-order valence-corrected chi connectivity index (χ1v) is 10.3. The Hall–Kier alpha value is -1.39. The molecule has 2 N–H and O–H groups in total. The highest BCUT2D eigenvalue weighted by atomic mass is 16.5. The van der Waals surface area contributed by atoms with Crippen molar-refractivity contribution in [2.45, 2.75) is 57.9 Å². The molecule has 0 radical (unpaired) electrons. The molecule has 1 aliphatic carbocycles. The van der Waals surface area contributed by atoms with Gasteiger partial charge in [0, 0.05) is 32.7 Å². The van der Waals surface area contributed by atoms with Crippen LogP contribution in [0.15, 0.2) is 30.3 Å². The molecule has 1 heterocycles. The monoisotopic (exact) mass is 358 g/mol. The van der Waals surface area contributed by atoms with E-state index in [0.717, 1.165) is 45.4 Å². The third-order valence-corrected chi connectivity index (χ3v) is 6.26. The second-order valence-electron chi connectivity index (χ2n) is 8.26. The van der Waals surface area contributed by atoms with Gasteiger partial charge in [0.2, 0.25) is 5.91 Å². The summed E-state index contributed by atoms with van der Waals surface area (Å²) < 4.78 is 5.49. The lowest BCUT2D eigenvalue weighted by Gasteiger charge is -2.38. The molecule has 0 bridgehead atoms. The van der Waals surface area contributed by atoms with Crippen molar-refractivity contribution >= 4 is 5.91 Å². The summed E-state index contributed by atoms with van der Waals surface area (Å²) in [4.78, 5) is 15.4. The van der Waals surface area contributed by atoms with E-state index in [1.54, 1.807) is 0 Å². The Bertz CT molecular complexity index is 549. The van der Waals surface area contributed by atoms with E-state index in [9.17, 15) is 4.79 Å². The van der Waals surface area contributed by atoms with Crippen molar-refractivity contribution in [2.75, 3.05) is 26.3 Å². The molecule has 1 aromatic rings. The number of carbonyl (C=O) groups excluding carboxylic acids is 1. The molecule has 26 heavy (non-hydrogen) atoms. The number of rotatable bonds is 7. The maximum absolute atomic E-state index is 13.3. The Labute approximate surface area is 158 Å². The first kappa shape index (κ1) is 19.4.